The van der Waals surface area contributed by atoms with Gasteiger partial charge >= 0.3 is 0 Å². The van der Waals surface area contributed by atoms with Gasteiger partial charge in [-0.3, -0.25) is 0 Å². The lowest BCUT2D eigenvalue weighted by Gasteiger charge is -2.41. The topological polar surface area (TPSA) is 47.3 Å². The van der Waals surface area contributed by atoms with Crippen molar-refractivity contribution in [1.29, 1.82) is 0 Å². The summed E-state index contributed by atoms with van der Waals surface area (Å²) < 4.78 is 5.57. The fourth-order valence-electron chi connectivity index (χ4n) is 3.31. The normalized spacial score (nSPS) is 42.2. The van der Waals surface area contributed by atoms with Crippen LogP contribution >= 0.6 is 0 Å². The van der Waals surface area contributed by atoms with Crippen LogP contribution in [0.2, 0.25) is 0 Å². The molecule has 0 aliphatic heterocycles. The van der Waals surface area contributed by atoms with Gasteiger partial charge in [-0.2, -0.15) is 0 Å². The van der Waals surface area contributed by atoms with Crippen LogP contribution in [-0.4, -0.2) is 30.8 Å². The summed E-state index contributed by atoms with van der Waals surface area (Å²) in [5.41, 5.74) is 6.53. The van der Waals surface area contributed by atoms with E-state index in [1.807, 2.05) is 0 Å². The monoisotopic (exact) mass is 240 g/mol. The van der Waals surface area contributed by atoms with E-state index < -0.39 is 0 Å². The van der Waals surface area contributed by atoms with Crippen LogP contribution < -0.4 is 11.1 Å². The van der Waals surface area contributed by atoms with Crippen LogP contribution in [0, 0.1) is 5.92 Å². The standard InChI is InChI=1S/C14H28N2O/c1-3-17-13-7-12(8-13)16-10-14(15)6-4-5-11(2)9-14/h11-13,16H,3-10,15H2,1-2H3. The first kappa shape index (κ1) is 13.3. The van der Waals surface area contributed by atoms with Crippen molar-refractivity contribution in [3.8, 4) is 0 Å². The SMILES string of the molecule is CCOC1CC(NCC2(N)CCCC(C)C2)C1. The summed E-state index contributed by atoms with van der Waals surface area (Å²) in [6.07, 6.45) is 7.85. The maximum atomic E-state index is 6.48. The van der Waals surface area contributed by atoms with E-state index in [-0.39, 0.29) is 5.54 Å². The molecule has 0 amide bonds. The van der Waals surface area contributed by atoms with E-state index in [2.05, 4.69) is 19.2 Å². The van der Waals surface area contributed by atoms with Crippen LogP contribution in [0.25, 0.3) is 0 Å². The van der Waals surface area contributed by atoms with Gasteiger partial charge in [-0.15, -0.1) is 0 Å². The Bertz CT molecular complexity index is 240. The summed E-state index contributed by atoms with van der Waals surface area (Å²) in [7, 11) is 0. The van der Waals surface area contributed by atoms with Crippen molar-refractivity contribution in [1.82, 2.24) is 5.32 Å². The number of hydrogen-bond acceptors (Lipinski definition) is 3. The Balaban J connectivity index is 1.65. The molecule has 0 bridgehead atoms. The van der Waals surface area contributed by atoms with Crippen LogP contribution in [0.5, 0.6) is 0 Å². The van der Waals surface area contributed by atoms with Crippen LogP contribution in [0.15, 0.2) is 0 Å². The van der Waals surface area contributed by atoms with Gasteiger partial charge in [-0.25, -0.2) is 0 Å². The molecule has 0 radical (unpaired) electrons. The summed E-state index contributed by atoms with van der Waals surface area (Å²) in [6, 6.07) is 0.643. The highest BCUT2D eigenvalue weighted by atomic mass is 16.5. The first-order valence-electron chi connectivity index (χ1n) is 7.25. The molecule has 0 aromatic heterocycles. The van der Waals surface area contributed by atoms with Gasteiger partial charge in [0.2, 0.25) is 0 Å². The summed E-state index contributed by atoms with van der Waals surface area (Å²) >= 11 is 0. The lowest BCUT2D eigenvalue weighted by molar-refractivity contribution is -0.0116. The minimum atomic E-state index is 0.0500. The fourth-order valence-corrected chi connectivity index (χ4v) is 3.31. The van der Waals surface area contributed by atoms with Crippen LogP contribution in [0.4, 0.5) is 0 Å². The van der Waals surface area contributed by atoms with Gasteiger partial charge in [0, 0.05) is 24.7 Å². The molecule has 2 rings (SSSR count). The molecule has 100 valence electrons. The molecule has 3 nitrogen and oxygen atoms in total. The summed E-state index contributed by atoms with van der Waals surface area (Å²) in [5, 5.41) is 3.63. The molecule has 0 spiro atoms. The maximum Gasteiger partial charge on any atom is 0.0604 e. The number of ether oxygens (including phenoxy) is 1. The second-order valence-electron chi connectivity index (χ2n) is 6.19. The lowest BCUT2D eigenvalue weighted by Crippen LogP contribution is -2.56. The van der Waals surface area contributed by atoms with Crippen molar-refractivity contribution in [2.45, 2.75) is 70.1 Å². The average Bonchev–Trinajstić information content (AvgIpc) is 2.21. The van der Waals surface area contributed by atoms with Gasteiger partial charge in [0.05, 0.1) is 6.10 Å². The second-order valence-corrected chi connectivity index (χ2v) is 6.19. The molecule has 0 aromatic rings. The molecule has 2 saturated carbocycles. The zero-order chi connectivity index (χ0) is 12.3. The van der Waals surface area contributed by atoms with Gasteiger partial charge in [-0.05, 0) is 38.5 Å². The Morgan fingerprint density at radius 3 is 2.82 bits per heavy atom. The predicted molar refractivity (Wildman–Crippen MR) is 71.0 cm³/mol. The highest BCUT2D eigenvalue weighted by Crippen LogP contribution is 2.31. The highest BCUT2D eigenvalue weighted by Gasteiger charge is 2.34. The zero-order valence-electron chi connectivity index (χ0n) is 11.4. The van der Waals surface area contributed by atoms with E-state index in [0.29, 0.717) is 12.1 Å². The van der Waals surface area contributed by atoms with Gasteiger partial charge in [0.1, 0.15) is 0 Å². The van der Waals surface area contributed by atoms with Crippen LogP contribution in [0.1, 0.15) is 52.4 Å². The molecule has 2 atom stereocenters. The molecular weight excluding hydrogens is 212 g/mol. The Kier molecular flexibility index (Phi) is 4.45. The first-order chi connectivity index (χ1) is 8.11. The molecular formula is C14H28N2O. The van der Waals surface area contributed by atoms with Gasteiger partial charge < -0.3 is 15.8 Å². The van der Waals surface area contributed by atoms with E-state index >= 15 is 0 Å². The second kappa shape index (κ2) is 5.68. The number of rotatable bonds is 5. The number of hydrogen-bond donors (Lipinski definition) is 2. The van der Waals surface area contributed by atoms with E-state index in [9.17, 15) is 0 Å². The molecule has 17 heavy (non-hydrogen) atoms. The Labute approximate surface area is 105 Å². The minimum Gasteiger partial charge on any atom is -0.378 e. The van der Waals surface area contributed by atoms with Crippen LogP contribution in [0.3, 0.4) is 0 Å². The van der Waals surface area contributed by atoms with E-state index in [1.54, 1.807) is 0 Å². The minimum absolute atomic E-state index is 0.0500. The smallest absolute Gasteiger partial charge is 0.0604 e. The van der Waals surface area contributed by atoms with Gasteiger partial charge in [-0.1, -0.05) is 19.8 Å². The van der Waals surface area contributed by atoms with Gasteiger partial charge in [0.15, 0.2) is 0 Å². The molecule has 0 heterocycles. The third-order valence-corrected chi connectivity index (χ3v) is 4.37. The molecule has 2 fully saturated rings. The largest absolute Gasteiger partial charge is 0.378 e. The first-order valence-corrected chi connectivity index (χ1v) is 7.25. The van der Waals surface area contributed by atoms with Crippen molar-refractivity contribution in [2.75, 3.05) is 13.2 Å². The number of nitrogens with two attached hydrogens (primary N) is 1. The molecule has 2 aliphatic carbocycles. The molecule has 0 aromatic carbocycles. The molecule has 3 N–H and O–H groups in total. The predicted octanol–water partition coefficient (Wildman–Crippen LogP) is 2.05. The quantitative estimate of drug-likeness (QED) is 0.773. The fraction of sp³-hybridized carbons (Fsp3) is 1.00. The Morgan fingerprint density at radius 1 is 1.41 bits per heavy atom. The molecule has 0 saturated heterocycles. The molecule has 2 unspecified atom stereocenters. The van der Waals surface area contributed by atoms with Crippen molar-refractivity contribution >= 4 is 0 Å². The van der Waals surface area contributed by atoms with Crippen molar-refractivity contribution < 1.29 is 4.74 Å². The summed E-state index contributed by atoms with van der Waals surface area (Å²) in [6.45, 7) is 6.23. The van der Waals surface area contributed by atoms with E-state index in [4.69, 9.17) is 10.5 Å². The number of nitrogens with one attached hydrogen (secondary N) is 1. The maximum absolute atomic E-state index is 6.48. The Morgan fingerprint density at radius 2 is 2.18 bits per heavy atom. The zero-order valence-corrected chi connectivity index (χ0v) is 11.4. The van der Waals surface area contributed by atoms with E-state index in [0.717, 1.165) is 19.1 Å². The average molecular weight is 240 g/mol. The van der Waals surface area contributed by atoms with Crippen molar-refractivity contribution in [3.63, 3.8) is 0 Å². The summed E-state index contributed by atoms with van der Waals surface area (Å²) in [5.74, 6) is 0.799. The van der Waals surface area contributed by atoms with E-state index in [1.165, 1.54) is 38.5 Å². The van der Waals surface area contributed by atoms with Crippen molar-refractivity contribution in [3.05, 3.63) is 0 Å². The Hall–Kier alpha value is -0.120. The summed E-state index contributed by atoms with van der Waals surface area (Å²) in [4.78, 5) is 0. The molecule has 2 aliphatic rings. The van der Waals surface area contributed by atoms with Crippen LogP contribution in [-0.2, 0) is 4.74 Å². The van der Waals surface area contributed by atoms with Gasteiger partial charge in [0.25, 0.3) is 0 Å². The molecule has 3 heteroatoms. The van der Waals surface area contributed by atoms with Crippen molar-refractivity contribution in [2.24, 2.45) is 11.7 Å². The lowest BCUT2D eigenvalue weighted by atomic mass is 9.76. The highest BCUT2D eigenvalue weighted by molar-refractivity contribution is 4.94. The third-order valence-electron chi connectivity index (χ3n) is 4.37. The third kappa shape index (κ3) is 3.67.